The molecule has 1 heterocycles. The van der Waals surface area contributed by atoms with Gasteiger partial charge in [0.1, 0.15) is 0 Å². The average molecular weight is 381 g/mol. The van der Waals surface area contributed by atoms with Gasteiger partial charge in [0.05, 0.1) is 30.7 Å². The summed E-state index contributed by atoms with van der Waals surface area (Å²) in [5, 5.41) is 8.77. The summed E-state index contributed by atoms with van der Waals surface area (Å²) >= 11 is 0. The summed E-state index contributed by atoms with van der Waals surface area (Å²) < 4.78 is 5.06. The Balaban J connectivity index is 0.00000264. The van der Waals surface area contributed by atoms with Gasteiger partial charge in [-0.2, -0.15) is 5.26 Å². The van der Waals surface area contributed by atoms with Gasteiger partial charge in [-0.1, -0.05) is 12.1 Å². The minimum Gasteiger partial charge on any atom is -0.466 e. The van der Waals surface area contributed by atoms with Crippen molar-refractivity contribution in [3.8, 4) is 6.07 Å². The standard InChI is InChI=1S/C17H20N2O3.BrH/c1-2-22-17(21)15-4-3-9-19(11-15)12-16(20)14-7-5-13(10-18)6-8-14;/h5-8,15H,2-4,9,11-12H2,1H3;1H/t15-;/m0./s1. The zero-order chi connectivity index (χ0) is 15.9. The number of hydrogen-bond acceptors (Lipinski definition) is 5. The lowest BCUT2D eigenvalue weighted by Crippen LogP contribution is -2.41. The van der Waals surface area contributed by atoms with Crippen LogP contribution in [0.25, 0.3) is 0 Å². The number of carbonyl (C=O) groups excluding carboxylic acids is 2. The molecule has 0 saturated carbocycles. The molecule has 0 spiro atoms. The van der Waals surface area contributed by atoms with Gasteiger partial charge in [-0.3, -0.25) is 14.5 Å². The van der Waals surface area contributed by atoms with Gasteiger partial charge < -0.3 is 4.74 Å². The summed E-state index contributed by atoms with van der Waals surface area (Å²) in [7, 11) is 0. The third kappa shape index (κ3) is 5.45. The molecule has 1 aromatic rings. The van der Waals surface area contributed by atoms with Gasteiger partial charge in [-0.15, -0.1) is 17.0 Å². The molecule has 6 heteroatoms. The Hall–Kier alpha value is -1.71. The summed E-state index contributed by atoms with van der Waals surface area (Å²) in [6.07, 6.45) is 1.71. The quantitative estimate of drug-likeness (QED) is 0.579. The number of esters is 1. The fourth-order valence-corrected chi connectivity index (χ4v) is 2.68. The molecule has 0 bridgehead atoms. The zero-order valence-corrected chi connectivity index (χ0v) is 14.9. The summed E-state index contributed by atoms with van der Waals surface area (Å²) in [4.78, 5) is 26.1. The molecule has 0 unspecified atom stereocenters. The molecule has 0 aromatic heterocycles. The lowest BCUT2D eigenvalue weighted by atomic mass is 9.97. The van der Waals surface area contributed by atoms with Crippen LogP contribution in [0.3, 0.4) is 0 Å². The molecular formula is C17H21BrN2O3. The molecule has 1 fully saturated rings. The smallest absolute Gasteiger partial charge is 0.310 e. The summed E-state index contributed by atoms with van der Waals surface area (Å²) in [6, 6.07) is 8.67. The molecule has 0 radical (unpaired) electrons. The Morgan fingerprint density at radius 2 is 2.04 bits per heavy atom. The Morgan fingerprint density at radius 3 is 2.65 bits per heavy atom. The third-order valence-electron chi connectivity index (χ3n) is 3.83. The number of hydrogen-bond donors (Lipinski definition) is 0. The van der Waals surface area contributed by atoms with Crippen LogP contribution in [0.4, 0.5) is 0 Å². The third-order valence-corrected chi connectivity index (χ3v) is 3.83. The molecule has 1 saturated heterocycles. The van der Waals surface area contributed by atoms with Gasteiger partial charge >= 0.3 is 5.97 Å². The van der Waals surface area contributed by atoms with Crippen molar-refractivity contribution in [2.45, 2.75) is 19.8 Å². The second-order valence-electron chi connectivity index (χ2n) is 5.44. The fourth-order valence-electron chi connectivity index (χ4n) is 2.68. The van der Waals surface area contributed by atoms with Crippen molar-refractivity contribution in [1.82, 2.24) is 4.90 Å². The maximum Gasteiger partial charge on any atom is 0.310 e. The topological polar surface area (TPSA) is 70.4 Å². The number of carbonyl (C=O) groups is 2. The van der Waals surface area contributed by atoms with E-state index in [0.717, 1.165) is 19.4 Å². The molecule has 0 aliphatic carbocycles. The van der Waals surface area contributed by atoms with Gasteiger partial charge in [0.2, 0.25) is 0 Å². The molecule has 2 rings (SSSR count). The van der Waals surface area contributed by atoms with Crippen LogP contribution in [-0.4, -0.2) is 42.9 Å². The minimum atomic E-state index is -0.168. The number of piperidine rings is 1. The SMILES string of the molecule is Br.CCOC(=O)[C@H]1CCCN(CC(=O)c2ccc(C#N)cc2)C1. The molecule has 23 heavy (non-hydrogen) atoms. The summed E-state index contributed by atoms with van der Waals surface area (Å²) in [6.45, 7) is 3.87. The second-order valence-corrected chi connectivity index (χ2v) is 5.44. The molecule has 0 amide bonds. The van der Waals surface area contributed by atoms with Crippen LogP contribution in [0.5, 0.6) is 0 Å². The van der Waals surface area contributed by atoms with Crippen molar-refractivity contribution in [3.63, 3.8) is 0 Å². The highest BCUT2D eigenvalue weighted by Crippen LogP contribution is 2.18. The number of benzene rings is 1. The molecule has 124 valence electrons. The molecule has 5 nitrogen and oxygen atoms in total. The first-order valence-corrected chi connectivity index (χ1v) is 7.56. The Labute approximate surface area is 147 Å². The van der Waals surface area contributed by atoms with Crippen LogP contribution >= 0.6 is 17.0 Å². The highest BCUT2D eigenvalue weighted by Gasteiger charge is 2.27. The van der Waals surface area contributed by atoms with Crippen molar-refractivity contribution in [1.29, 1.82) is 5.26 Å². The predicted octanol–water partition coefficient (Wildman–Crippen LogP) is 2.59. The Morgan fingerprint density at radius 1 is 1.35 bits per heavy atom. The number of halogens is 1. The van der Waals surface area contributed by atoms with Gasteiger partial charge in [0.25, 0.3) is 0 Å². The predicted molar refractivity (Wildman–Crippen MR) is 91.6 cm³/mol. The van der Waals surface area contributed by atoms with E-state index >= 15 is 0 Å². The number of nitriles is 1. The van der Waals surface area contributed by atoms with Crippen LogP contribution in [0.15, 0.2) is 24.3 Å². The first kappa shape index (κ1) is 19.3. The zero-order valence-electron chi connectivity index (χ0n) is 13.2. The van der Waals surface area contributed by atoms with E-state index < -0.39 is 0 Å². The number of ether oxygens (including phenoxy) is 1. The van der Waals surface area contributed by atoms with E-state index in [-0.39, 0.29) is 34.7 Å². The van der Waals surface area contributed by atoms with Crippen molar-refractivity contribution in [3.05, 3.63) is 35.4 Å². The van der Waals surface area contributed by atoms with E-state index in [1.165, 1.54) is 0 Å². The average Bonchev–Trinajstić information content (AvgIpc) is 2.55. The van der Waals surface area contributed by atoms with Gasteiger partial charge in [0.15, 0.2) is 5.78 Å². The number of Topliss-reactive ketones (excluding diaryl/α,β-unsaturated/α-hetero) is 1. The molecule has 1 atom stereocenters. The van der Waals surface area contributed by atoms with E-state index in [1.807, 2.05) is 11.0 Å². The van der Waals surface area contributed by atoms with E-state index in [2.05, 4.69) is 0 Å². The van der Waals surface area contributed by atoms with Crippen LogP contribution in [0.1, 0.15) is 35.7 Å². The van der Waals surface area contributed by atoms with Gasteiger partial charge in [0, 0.05) is 12.1 Å². The number of rotatable bonds is 5. The maximum atomic E-state index is 12.3. The van der Waals surface area contributed by atoms with Gasteiger partial charge in [-0.25, -0.2) is 0 Å². The minimum absolute atomic E-state index is 0. The van der Waals surface area contributed by atoms with Gasteiger partial charge in [-0.05, 0) is 38.4 Å². The lowest BCUT2D eigenvalue weighted by molar-refractivity contribution is -0.149. The van der Waals surface area contributed by atoms with Crippen molar-refractivity contribution >= 4 is 28.7 Å². The highest BCUT2D eigenvalue weighted by atomic mass is 79.9. The van der Waals surface area contributed by atoms with Crippen molar-refractivity contribution in [2.24, 2.45) is 5.92 Å². The van der Waals surface area contributed by atoms with Crippen molar-refractivity contribution < 1.29 is 14.3 Å². The summed E-state index contributed by atoms with van der Waals surface area (Å²) in [5.74, 6) is -0.297. The first-order valence-electron chi connectivity index (χ1n) is 7.56. The van der Waals surface area contributed by atoms with E-state index in [0.29, 0.717) is 30.8 Å². The maximum absolute atomic E-state index is 12.3. The number of ketones is 1. The molecule has 1 aromatic carbocycles. The fraction of sp³-hybridized carbons (Fsp3) is 0.471. The first-order chi connectivity index (χ1) is 10.6. The van der Waals surface area contributed by atoms with Crippen LogP contribution < -0.4 is 0 Å². The molecular weight excluding hydrogens is 360 g/mol. The second kappa shape index (κ2) is 9.43. The summed E-state index contributed by atoms with van der Waals surface area (Å²) in [5.41, 5.74) is 1.13. The van der Waals surface area contributed by atoms with E-state index in [4.69, 9.17) is 10.00 Å². The molecule has 1 aliphatic heterocycles. The molecule has 1 aliphatic rings. The molecule has 0 N–H and O–H groups in total. The lowest BCUT2D eigenvalue weighted by Gasteiger charge is -2.30. The van der Waals surface area contributed by atoms with E-state index in [1.54, 1.807) is 31.2 Å². The largest absolute Gasteiger partial charge is 0.466 e. The van der Waals surface area contributed by atoms with Crippen molar-refractivity contribution in [2.75, 3.05) is 26.2 Å². The van der Waals surface area contributed by atoms with Crippen LogP contribution in [0.2, 0.25) is 0 Å². The van der Waals surface area contributed by atoms with Crippen LogP contribution in [0, 0.1) is 17.2 Å². The Bertz CT molecular complexity index is 580. The highest BCUT2D eigenvalue weighted by molar-refractivity contribution is 8.93. The number of nitrogens with zero attached hydrogens (tertiary/aromatic N) is 2. The monoisotopic (exact) mass is 380 g/mol. The van der Waals surface area contributed by atoms with Crippen LogP contribution in [-0.2, 0) is 9.53 Å². The number of likely N-dealkylation sites (tertiary alicyclic amines) is 1. The Kier molecular flexibility index (Phi) is 7.93. The normalized spacial score (nSPS) is 17.7. The van der Waals surface area contributed by atoms with E-state index in [9.17, 15) is 9.59 Å².